The van der Waals surface area contributed by atoms with Crippen molar-refractivity contribution in [3.63, 3.8) is 0 Å². The minimum Gasteiger partial charge on any atom is -0.409 e. The number of amides is 1. The van der Waals surface area contributed by atoms with Crippen molar-refractivity contribution in [1.82, 2.24) is 4.90 Å². The Morgan fingerprint density at radius 2 is 2.06 bits per heavy atom. The highest BCUT2D eigenvalue weighted by Crippen LogP contribution is 2.14. The highest BCUT2D eigenvalue weighted by Gasteiger charge is 2.29. The third kappa shape index (κ3) is 3.69. The molecule has 0 aromatic heterocycles. The molecule has 0 spiro atoms. The zero-order valence-corrected chi connectivity index (χ0v) is 10.1. The van der Waals surface area contributed by atoms with E-state index in [1.54, 1.807) is 0 Å². The number of nitrogens with two attached hydrogens (primary N) is 1. The lowest BCUT2D eigenvalue weighted by molar-refractivity contribution is -0.134. The maximum absolute atomic E-state index is 12.0. The summed E-state index contributed by atoms with van der Waals surface area (Å²) in [6.45, 7) is 6.12. The minimum absolute atomic E-state index is 0.0591. The summed E-state index contributed by atoms with van der Waals surface area (Å²) in [5.74, 6) is -1.01. The van der Waals surface area contributed by atoms with Crippen LogP contribution in [0, 0.1) is 11.8 Å². The number of oxime groups is 1. The Balaban J connectivity index is 4.85. The maximum Gasteiger partial charge on any atom is 0.233 e. The molecule has 0 aliphatic rings. The molecular formula is C10H21N3O3. The van der Waals surface area contributed by atoms with E-state index in [4.69, 9.17) is 16.0 Å². The molecule has 0 aliphatic carbocycles. The molecule has 0 saturated heterocycles. The van der Waals surface area contributed by atoms with E-state index < -0.39 is 5.92 Å². The van der Waals surface area contributed by atoms with Crippen LogP contribution in [0.2, 0.25) is 0 Å². The summed E-state index contributed by atoms with van der Waals surface area (Å²) in [7, 11) is 0. The number of amidine groups is 1. The topological polar surface area (TPSA) is 99.2 Å². The van der Waals surface area contributed by atoms with Crippen LogP contribution in [-0.4, -0.2) is 46.7 Å². The van der Waals surface area contributed by atoms with Gasteiger partial charge in [0.1, 0.15) is 5.92 Å². The summed E-state index contributed by atoms with van der Waals surface area (Å²) in [4.78, 5) is 13.5. The molecular weight excluding hydrogens is 210 g/mol. The molecule has 0 fully saturated rings. The van der Waals surface area contributed by atoms with Crippen molar-refractivity contribution in [3.8, 4) is 0 Å². The first-order chi connectivity index (χ1) is 7.49. The van der Waals surface area contributed by atoms with Crippen molar-refractivity contribution in [2.45, 2.75) is 20.8 Å². The number of likely N-dealkylation sites (N-methyl/N-ethyl adjacent to an activating group) is 1. The van der Waals surface area contributed by atoms with Crippen LogP contribution in [0.25, 0.3) is 0 Å². The van der Waals surface area contributed by atoms with E-state index in [2.05, 4.69) is 5.16 Å². The highest BCUT2D eigenvalue weighted by atomic mass is 16.4. The molecule has 94 valence electrons. The van der Waals surface area contributed by atoms with Gasteiger partial charge in [0.15, 0.2) is 5.84 Å². The Bertz CT molecular complexity index is 254. The van der Waals surface area contributed by atoms with E-state index in [1.807, 2.05) is 20.8 Å². The number of carbonyl (C=O) groups is 1. The van der Waals surface area contributed by atoms with E-state index in [-0.39, 0.29) is 30.8 Å². The van der Waals surface area contributed by atoms with Crippen LogP contribution in [0.3, 0.4) is 0 Å². The Kier molecular flexibility index (Phi) is 6.48. The number of hydrogen-bond acceptors (Lipinski definition) is 4. The van der Waals surface area contributed by atoms with Gasteiger partial charge in [-0.1, -0.05) is 19.0 Å². The van der Waals surface area contributed by atoms with Gasteiger partial charge in [-0.25, -0.2) is 0 Å². The van der Waals surface area contributed by atoms with E-state index >= 15 is 0 Å². The first kappa shape index (κ1) is 14.7. The first-order valence-electron chi connectivity index (χ1n) is 5.36. The van der Waals surface area contributed by atoms with Gasteiger partial charge >= 0.3 is 0 Å². The van der Waals surface area contributed by atoms with Gasteiger partial charge in [0.2, 0.25) is 5.91 Å². The molecule has 0 heterocycles. The van der Waals surface area contributed by atoms with Crippen LogP contribution in [0.5, 0.6) is 0 Å². The molecule has 1 amide bonds. The second-order valence-corrected chi connectivity index (χ2v) is 3.89. The van der Waals surface area contributed by atoms with Crippen molar-refractivity contribution < 1.29 is 15.1 Å². The van der Waals surface area contributed by atoms with Gasteiger partial charge in [0.05, 0.1) is 6.61 Å². The number of aliphatic hydroxyl groups excluding tert-OH is 1. The highest BCUT2D eigenvalue weighted by molar-refractivity contribution is 6.02. The molecule has 0 rings (SSSR count). The average molecular weight is 231 g/mol. The SMILES string of the molecule is CCN(CCO)C(=O)C(C(N)=NO)C(C)C. The van der Waals surface area contributed by atoms with Crippen LogP contribution in [-0.2, 0) is 4.79 Å². The largest absolute Gasteiger partial charge is 0.409 e. The monoisotopic (exact) mass is 231 g/mol. The fourth-order valence-electron chi connectivity index (χ4n) is 1.56. The summed E-state index contributed by atoms with van der Waals surface area (Å²) >= 11 is 0. The third-order valence-electron chi connectivity index (χ3n) is 2.43. The van der Waals surface area contributed by atoms with Crippen molar-refractivity contribution in [2.24, 2.45) is 22.7 Å². The van der Waals surface area contributed by atoms with Gasteiger partial charge in [-0.15, -0.1) is 0 Å². The van der Waals surface area contributed by atoms with Crippen LogP contribution in [0.4, 0.5) is 0 Å². The quantitative estimate of drug-likeness (QED) is 0.256. The van der Waals surface area contributed by atoms with Crippen LogP contribution >= 0.6 is 0 Å². The fraction of sp³-hybridized carbons (Fsp3) is 0.800. The minimum atomic E-state index is -0.642. The van der Waals surface area contributed by atoms with Gasteiger partial charge < -0.3 is 20.9 Å². The number of hydrogen-bond donors (Lipinski definition) is 3. The van der Waals surface area contributed by atoms with Crippen molar-refractivity contribution >= 4 is 11.7 Å². The van der Waals surface area contributed by atoms with Crippen LogP contribution < -0.4 is 5.73 Å². The second-order valence-electron chi connectivity index (χ2n) is 3.89. The Morgan fingerprint density at radius 3 is 2.38 bits per heavy atom. The fourth-order valence-corrected chi connectivity index (χ4v) is 1.56. The third-order valence-corrected chi connectivity index (χ3v) is 2.43. The Labute approximate surface area is 95.7 Å². The zero-order chi connectivity index (χ0) is 12.7. The summed E-state index contributed by atoms with van der Waals surface area (Å²) in [6, 6.07) is 0. The van der Waals surface area contributed by atoms with Gasteiger partial charge in [-0.2, -0.15) is 0 Å². The van der Waals surface area contributed by atoms with Crippen molar-refractivity contribution in [3.05, 3.63) is 0 Å². The van der Waals surface area contributed by atoms with Gasteiger partial charge in [0.25, 0.3) is 0 Å². The molecule has 6 heteroatoms. The van der Waals surface area contributed by atoms with E-state index in [1.165, 1.54) is 4.90 Å². The van der Waals surface area contributed by atoms with E-state index in [9.17, 15) is 4.79 Å². The molecule has 16 heavy (non-hydrogen) atoms. The molecule has 4 N–H and O–H groups in total. The average Bonchev–Trinajstić information content (AvgIpc) is 2.24. The smallest absolute Gasteiger partial charge is 0.233 e. The lowest BCUT2D eigenvalue weighted by Gasteiger charge is -2.27. The van der Waals surface area contributed by atoms with Gasteiger partial charge in [-0.05, 0) is 12.8 Å². The molecule has 1 atom stereocenters. The molecule has 0 aromatic rings. The molecule has 0 bridgehead atoms. The van der Waals surface area contributed by atoms with Gasteiger partial charge in [0, 0.05) is 13.1 Å². The maximum atomic E-state index is 12.0. The predicted octanol–water partition coefficient (Wildman–Crippen LogP) is -0.154. The van der Waals surface area contributed by atoms with Crippen molar-refractivity contribution in [1.29, 1.82) is 0 Å². The summed E-state index contributed by atoms with van der Waals surface area (Å²) < 4.78 is 0. The van der Waals surface area contributed by atoms with Crippen molar-refractivity contribution in [2.75, 3.05) is 19.7 Å². The summed E-state index contributed by atoms with van der Waals surface area (Å²) in [5, 5.41) is 20.4. The van der Waals surface area contributed by atoms with Crippen LogP contribution in [0.1, 0.15) is 20.8 Å². The summed E-state index contributed by atoms with van der Waals surface area (Å²) in [6.07, 6.45) is 0. The summed E-state index contributed by atoms with van der Waals surface area (Å²) in [5.41, 5.74) is 5.50. The van der Waals surface area contributed by atoms with E-state index in [0.29, 0.717) is 6.54 Å². The molecule has 0 radical (unpaired) electrons. The molecule has 0 saturated carbocycles. The molecule has 0 aliphatic heterocycles. The number of rotatable bonds is 6. The number of nitrogens with zero attached hydrogens (tertiary/aromatic N) is 2. The number of carbonyl (C=O) groups excluding carboxylic acids is 1. The molecule has 0 aromatic carbocycles. The zero-order valence-electron chi connectivity index (χ0n) is 10.1. The lowest BCUT2D eigenvalue weighted by Crippen LogP contribution is -2.45. The standard InChI is InChI=1S/C10H21N3O3/c1-4-13(5-6-14)10(15)8(7(2)3)9(11)12-16/h7-8,14,16H,4-6H2,1-3H3,(H2,11,12). The van der Waals surface area contributed by atoms with E-state index in [0.717, 1.165) is 0 Å². The molecule has 6 nitrogen and oxygen atoms in total. The first-order valence-corrected chi connectivity index (χ1v) is 5.36. The lowest BCUT2D eigenvalue weighted by atomic mass is 9.93. The normalized spacial score (nSPS) is 13.9. The predicted molar refractivity (Wildman–Crippen MR) is 61.1 cm³/mol. The molecule has 1 unspecified atom stereocenters. The Morgan fingerprint density at radius 1 is 1.50 bits per heavy atom. The Hall–Kier alpha value is -1.30. The van der Waals surface area contributed by atoms with Crippen LogP contribution in [0.15, 0.2) is 5.16 Å². The second kappa shape index (κ2) is 7.05. The van der Waals surface area contributed by atoms with Gasteiger partial charge in [-0.3, -0.25) is 4.79 Å². The number of aliphatic hydroxyl groups is 1.